The number of para-hydroxylation sites is 1. The zero-order valence-corrected chi connectivity index (χ0v) is 11.6. The van der Waals surface area contributed by atoms with Crippen LogP contribution in [0.2, 0.25) is 0 Å². The van der Waals surface area contributed by atoms with Gasteiger partial charge in [0.25, 0.3) is 5.69 Å². The fourth-order valence-corrected chi connectivity index (χ4v) is 2.25. The number of furan rings is 1. The average Bonchev–Trinajstić information content (AvgIpc) is 2.98. The van der Waals surface area contributed by atoms with Crippen molar-refractivity contribution in [1.82, 2.24) is 0 Å². The highest BCUT2D eigenvalue weighted by molar-refractivity contribution is 6.02. The van der Waals surface area contributed by atoms with Crippen LogP contribution >= 0.6 is 0 Å². The quantitative estimate of drug-likeness (QED) is 0.417. The number of nitro groups is 1. The molecule has 0 bridgehead atoms. The molecule has 0 unspecified atom stereocenters. The van der Waals surface area contributed by atoms with Gasteiger partial charge in [-0.2, -0.15) is 0 Å². The minimum absolute atomic E-state index is 0.0221. The third kappa shape index (κ3) is 2.31. The number of nitrogens with zero attached hydrogens (tertiary/aromatic N) is 1. The first-order chi connectivity index (χ1) is 10.6. The van der Waals surface area contributed by atoms with Gasteiger partial charge in [-0.1, -0.05) is 24.3 Å². The fraction of sp³-hybridized carbons (Fsp3) is 0.0625. The molecule has 0 atom stereocenters. The summed E-state index contributed by atoms with van der Waals surface area (Å²) in [5.41, 5.74) is 1.26. The highest BCUT2D eigenvalue weighted by atomic mass is 16.6. The van der Waals surface area contributed by atoms with Crippen molar-refractivity contribution >= 4 is 22.6 Å². The van der Waals surface area contributed by atoms with Crippen LogP contribution in [-0.4, -0.2) is 18.0 Å². The molecule has 0 aliphatic rings. The SMILES string of the molecule is COC(=O)c1cccc2cc(-c3cccc([N+](=O)[O-])c3)oc12. The number of hydrogen-bond donors (Lipinski definition) is 0. The topological polar surface area (TPSA) is 82.6 Å². The van der Waals surface area contributed by atoms with E-state index in [-0.39, 0.29) is 5.69 Å². The first kappa shape index (κ1) is 13.8. The van der Waals surface area contributed by atoms with Crippen LogP contribution in [0.25, 0.3) is 22.3 Å². The molecule has 3 aromatic rings. The smallest absolute Gasteiger partial charge is 0.341 e. The summed E-state index contributed by atoms with van der Waals surface area (Å²) in [7, 11) is 1.30. The Balaban J connectivity index is 2.15. The number of benzene rings is 2. The number of carbonyl (C=O) groups excluding carboxylic acids is 1. The van der Waals surface area contributed by atoms with Crippen molar-refractivity contribution in [3.05, 3.63) is 64.2 Å². The molecule has 1 aromatic heterocycles. The molecule has 0 N–H and O–H groups in total. The van der Waals surface area contributed by atoms with Gasteiger partial charge < -0.3 is 9.15 Å². The van der Waals surface area contributed by atoms with Crippen LogP contribution in [0.4, 0.5) is 5.69 Å². The Morgan fingerprint density at radius 3 is 2.68 bits per heavy atom. The molecule has 0 radical (unpaired) electrons. The van der Waals surface area contributed by atoms with Gasteiger partial charge in [-0.25, -0.2) is 4.79 Å². The van der Waals surface area contributed by atoms with Gasteiger partial charge in [0.1, 0.15) is 16.9 Å². The molecule has 1 heterocycles. The monoisotopic (exact) mass is 297 g/mol. The lowest BCUT2D eigenvalue weighted by Gasteiger charge is -1.99. The van der Waals surface area contributed by atoms with Gasteiger partial charge in [0.2, 0.25) is 0 Å². The summed E-state index contributed by atoms with van der Waals surface area (Å²) < 4.78 is 10.4. The van der Waals surface area contributed by atoms with Gasteiger partial charge >= 0.3 is 5.97 Å². The van der Waals surface area contributed by atoms with Gasteiger partial charge in [-0.05, 0) is 12.1 Å². The number of ether oxygens (including phenoxy) is 1. The molecular formula is C16H11NO5. The van der Waals surface area contributed by atoms with Crippen molar-refractivity contribution in [2.45, 2.75) is 0 Å². The molecule has 0 aliphatic carbocycles. The zero-order chi connectivity index (χ0) is 15.7. The lowest BCUT2D eigenvalue weighted by molar-refractivity contribution is -0.384. The number of methoxy groups -OCH3 is 1. The maximum absolute atomic E-state index is 11.7. The van der Waals surface area contributed by atoms with E-state index >= 15 is 0 Å². The van der Waals surface area contributed by atoms with Crippen LogP contribution in [-0.2, 0) is 4.74 Å². The van der Waals surface area contributed by atoms with E-state index in [0.717, 1.165) is 5.39 Å². The Hall–Kier alpha value is -3.15. The van der Waals surface area contributed by atoms with Crippen molar-refractivity contribution < 1.29 is 18.9 Å². The van der Waals surface area contributed by atoms with Crippen LogP contribution in [0, 0.1) is 10.1 Å². The molecule has 6 heteroatoms. The lowest BCUT2D eigenvalue weighted by atomic mass is 10.1. The molecule has 0 amide bonds. The molecule has 3 rings (SSSR count). The molecule has 2 aromatic carbocycles. The van der Waals surface area contributed by atoms with Gasteiger partial charge in [-0.3, -0.25) is 10.1 Å². The number of non-ortho nitro benzene ring substituents is 1. The standard InChI is InChI=1S/C16H11NO5/c1-21-16(18)13-7-3-5-11-9-14(22-15(11)13)10-4-2-6-12(8-10)17(19)20/h2-9H,1H3. The second kappa shape index (κ2) is 5.33. The molecule has 0 saturated carbocycles. The van der Waals surface area contributed by atoms with E-state index < -0.39 is 10.9 Å². The lowest BCUT2D eigenvalue weighted by Crippen LogP contribution is -2.00. The summed E-state index contributed by atoms with van der Waals surface area (Å²) in [4.78, 5) is 22.1. The first-order valence-corrected chi connectivity index (χ1v) is 6.46. The Morgan fingerprint density at radius 1 is 1.18 bits per heavy atom. The summed E-state index contributed by atoms with van der Waals surface area (Å²) >= 11 is 0. The summed E-state index contributed by atoms with van der Waals surface area (Å²) in [6.07, 6.45) is 0. The second-order valence-corrected chi connectivity index (χ2v) is 4.63. The Kier molecular flexibility index (Phi) is 3.34. The molecular weight excluding hydrogens is 286 g/mol. The minimum Gasteiger partial charge on any atom is -0.465 e. The number of esters is 1. The van der Waals surface area contributed by atoms with Crippen molar-refractivity contribution in [1.29, 1.82) is 0 Å². The van der Waals surface area contributed by atoms with Crippen LogP contribution in [0.15, 0.2) is 52.9 Å². The van der Waals surface area contributed by atoms with Crippen LogP contribution in [0.5, 0.6) is 0 Å². The number of hydrogen-bond acceptors (Lipinski definition) is 5. The van der Waals surface area contributed by atoms with Gasteiger partial charge in [0.15, 0.2) is 0 Å². The van der Waals surface area contributed by atoms with E-state index in [1.165, 1.54) is 19.2 Å². The second-order valence-electron chi connectivity index (χ2n) is 4.63. The summed E-state index contributed by atoms with van der Waals surface area (Å²) in [6, 6.07) is 13.0. The summed E-state index contributed by atoms with van der Waals surface area (Å²) in [5.74, 6) is -0.0411. The van der Waals surface area contributed by atoms with Crippen LogP contribution in [0.1, 0.15) is 10.4 Å². The maximum Gasteiger partial charge on any atom is 0.341 e. The Morgan fingerprint density at radius 2 is 1.95 bits per heavy atom. The molecule has 22 heavy (non-hydrogen) atoms. The predicted octanol–water partition coefficient (Wildman–Crippen LogP) is 3.79. The van der Waals surface area contributed by atoms with E-state index in [1.807, 2.05) is 0 Å². The molecule has 0 fully saturated rings. The van der Waals surface area contributed by atoms with Crippen molar-refractivity contribution in [2.24, 2.45) is 0 Å². The summed E-state index contributed by atoms with van der Waals surface area (Å²) in [5, 5.41) is 11.6. The van der Waals surface area contributed by atoms with E-state index in [1.54, 1.807) is 36.4 Å². The van der Waals surface area contributed by atoms with Gasteiger partial charge in [0, 0.05) is 23.1 Å². The third-order valence-electron chi connectivity index (χ3n) is 3.29. The number of rotatable bonds is 3. The highest BCUT2D eigenvalue weighted by Gasteiger charge is 2.16. The van der Waals surface area contributed by atoms with E-state index in [9.17, 15) is 14.9 Å². The van der Waals surface area contributed by atoms with E-state index in [4.69, 9.17) is 9.15 Å². The largest absolute Gasteiger partial charge is 0.465 e. The third-order valence-corrected chi connectivity index (χ3v) is 3.29. The Bertz CT molecular complexity index is 881. The van der Waals surface area contributed by atoms with Crippen molar-refractivity contribution in [2.75, 3.05) is 7.11 Å². The normalized spacial score (nSPS) is 10.6. The summed E-state index contributed by atoms with van der Waals surface area (Å²) in [6.45, 7) is 0. The fourth-order valence-electron chi connectivity index (χ4n) is 2.25. The number of nitro benzene ring substituents is 1. The van der Waals surface area contributed by atoms with Crippen LogP contribution in [0.3, 0.4) is 0 Å². The minimum atomic E-state index is -0.495. The maximum atomic E-state index is 11.7. The molecule has 110 valence electrons. The van der Waals surface area contributed by atoms with Crippen molar-refractivity contribution in [3.8, 4) is 11.3 Å². The molecule has 0 aliphatic heterocycles. The Labute approximate surface area is 125 Å². The highest BCUT2D eigenvalue weighted by Crippen LogP contribution is 2.31. The van der Waals surface area contributed by atoms with E-state index in [2.05, 4.69) is 0 Å². The molecule has 0 spiro atoms. The molecule has 6 nitrogen and oxygen atoms in total. The first-order valence-electron chi connectivity index (χ1n) is 6.46. The van der Waals surface area contributed by atoms with Gasteiger partial charge in [0.05, 0.1) is 12.0 Å². The average molecular weight is 297 g/mol. The van der Waals surface area contributed by atoms with E-state index in [0.29, 0.717) is 22.5 Å². The number of carbonyl (C=O) groups is 1. The van der Waals surface area contributed by atoms with Crippen molar-refractivity contribution in [3.63, 3.8) is 0 Å². The van der Waals surface area contributed by atoms with Crippen LogP contribution < -0.4 is 0 Å². The molecule has 0 saturated heterocycles. The van der Waals surface area contributed by atoms with Gasteiger partial charge in [-0.15, -0.1) is 0 Å². The predicted molar refractivity (Wildman–Crippen MR) is 79.6 cm³/mol. The zero-order valence-electron chi connectivity index (χ0n) is 11.6. The number of fused-ring (bicyclic) bond motifs is 1.